The molecule has 2 aromatic carbocycles. The molecule has 7 nitrogen and oxygen atoms in total. The van der Waals surface area contributed by atoms with Gasteiger partial charge in [0.05, 0.1) is 36.5 Å². The summed E-state index contributed by atoms with van der Waals surface area (Å²) in [7, 11) is 6.13. The monoisotopic (exact) mass is 409 g/mol. The minimum absolute atomic E-state index is 0.351. The van der Waals surface area contributed by atoms with E-state index in [1.54, 1.807) is 55.3 Å². The van der Waals surface area contributed by atoms with Gasteiger partial charge >= 0.3 is 5.69 Å². The van der Waals surface area contributed by atoms with Crippen molar-refractivity contribution >= 4 is 10.9 Å². The van der Waals surface area contributed by atoms with Crippen molar-refractivity contribution in [2.24, 2.45) is 14.1 Å². The maximum absolute atomic E-state index is 13.6. The van der Waals surface area contributed by atoms with Crippen LogP contribution in [-0.2, 0) is 14.1 Å². The van der Waals surface area contributed by atoms with Crippen LogP contribution in [0.5, 0.6) is 11.5 Å². The number of ether oxygens (including phenoxy) is 2. The molecule has 0 aliphatic rings. The maximum atomic E-state index is 13.6. The van der Waals surface area contributed by atoms with Gasteiger partial charge in [-0.25, -0.2) is 9.18 Å². The summed E-state index contributed by atoms with van der Waals surface area (Å²) in [4.78, 5) is 25.5. The zero-order chi connectivity index (χ0) is 21.6. The molecule has 4 aromatic rings. The molecular formula is C22H20FN3O4. The third-order valence-electron chi connectivity index (χ3n) is 5.20. The first-order chi connectivity index (χ1) is 14.4. The Morgan fingerprint density at radius 1 is 0.900 bits per heavy atom. The predicted molar refractivity (Wildman–Crippen MR) is 112 cm³/mol. The molecule has 0 bridgehead atoms. The van der Waals surface area contributed by atoms with Crippen molar-refractivity contribution in [3.05, 3.63) is 75.3 Å². The number of halogens is 1. The topological polar surface area (TPSA) is 67.4 Å². The van der Waals surface area contributed by atoms with Gasteiger partial charge in [0.1, 0.15) is 17.3 Å². The fraction of sp³-hybridized carbons (Fsp3) is 0.182. The number of hydrogen-bond acceptors (Lipinski definition) is 4. The van der Waals surface area contributed by atoms with Gasteiger partial charge in [0.25, 0.3) is 5.56 Å². The van der Waals surface area contributed by atoms with Crippen LogP contribution in [0.4, 0.5) is 4.39 Å². The van der Waals surface area contributed by atoms with E-state index in [4.69, 9.17) is 9.47 Å². The molecule has 30 heavy (non-hydrogen) atoms. The Morgan fingerprint density at radius 2 is 1.60 bits per heavy atom. The molecule has 0 fully saturated rings. The number of aryl methyl sites for hydroxylation is 1. The first kappa shape index (κ1) is 19.5. The fourth-order valence-electron chi connectivity index (χ4n) is 3.61. The van der Waals surface area contributed by atoms with Crippen LogP contribution < -0.4 is 20.7 Å². The van der Waals surface area contributed by atoms with Gasteiger partial charge in [-0.1, -0.05) is 0 Å². The van der Waals surface area contributed by atoms with E-state index < -0.39 is 11.2 Å². The maximum Gasteiger partial charge on any atom is 0.330 e. The average molecular weight is 409 g/mol. The summed E-state index contributed by atoms with van der Waals surface area (Å²) in [6.07, 6.45) is 1.71. The van der Waals surface area contributed by atoms with Gasteiger partial charge in [0.2, 0.25) is 0 Å². The molecular weight excluding hydrogens is 389 g/mol. The van der Waals surface area contributed by atoms with Crippen molar-refractivity contribution in [3.63, 3.8) is 0 Å². The molecule has 4 rings (SSSR count). The van der Waals surface area contributed by atoms with Crippen LogP contribution in [0.1, 0.15) is 0 Å². The van der Waals surface area contributed by atoms with Crippen LogP contribution in [0.2, 0.25) is 0 Å². The van der Waals surface area contributed by atoms with Crippen LogP contribution in [0.3, 0.4) is 0 Å². The van der Waals surface area contributed by atoms with E-state index in [1.807, 2.05) is 0 Å². The Morgan fingerprint density at radius 3 is 2.23 bits per heavy atom. The number of aromatic nitrogens is 3. The van der Waals surface area contributed by atoms with Crippen LogP contribution in [-0.4, -0.2) is 27.9 Å². The van der Waals surface area contributed by atoms with Crippen molar-refractivity contribution in [3.8, 4) is 28.4 Å². The fourth-order valence-corrected chi connectivity index (χ4v) is 3.61. The lowest BCUT2D eigenvalue weighted by atomic mass is 10.1. The normalized spacial score (nSPS) is 11.1. The summed E-state index contributed by atoms with van der Waals surface area (Å²) >= 11 is 0. The summed E-state index contributed by atoms with van der Waals surface area (Å²) in [5.41, 5.74) is 1.39. The van der Waals surface area contributed by atoms with E-state index in [2.05, 4.69) is 0 Å². The van der Waals surface area contributed by atoms with Gasteiger partial charge in [-0.3, -0.25) is 13.9 Å². The Labute approximate surface area is 171 Å². The Bertz CT molecular complexity index is 1380. The van der Waals surface area contributed by atoms with Gasteiger partial charge in [-0.05, 0) is 42.0 Å². The highest BCUT2D eigenvalue weighted by Crippen LogP contribution is 2.35. The average Bonchev–Trinajstić information content (AvgIpc) is 3.16. The number of benzene rings is 2. The minimum Gasteiger partial charge on any atom is -0.497 e. The van der Waals surface area contributed by atoms with E-state index in [-0.39, 0.29) is 5.82 Å². The van der Waals surface area contributed by atoms with Crippen LogP contribution in [0, 0.1) is 5.82 Å². The number of rotatable bonds is 4. The molecule has 154 valence electrons. The number of methoxy groups -OCH3 is 2. The molecule has 2 aromatic heterocycles. The summed E-state index contributed by atoms with van der Waals surface area (Å²) in [5, 5.41) is 0.351. The van der Waals surface area contributed by atoms with E-state index in [0.717, 1.165) is 4.57 Å². The second kappa shape index (κ2) is 7.22. The number of fused-ring (bicyclic) bond motifs is 1. The van der Waals surface area contributed by atoms with Crippen LogP contribution in [0.15, 0.2) is 58.3 Å². The molecule has 8 heteroatoms. The quantitative estimate of drug-likeness (QED) is 0.520. The zero-order valence-corrected chi connectivity index (χ0v) is 17.0. The lowest BCUT2D eigenvalue weighted by molar-refractivity contribution is 0.393. The van der Waals surface area contributed by atoms with Gasteiger partial charge in [-0.2, -0.15) is 0 Å². The highest BCUT2D eigenvalue weighted by molar-refractivity contribution is 5.95. The first-order valence-corrected chi connectivity index (χ1v) is 9.16. The first-order valence-electron chi connectivity index (χ1n) is 9.16. The van der Waals surface area contributed by atoms with Gasteiger partial charge in [0.15, 0.2) is 0 Å². The van der Waals surface area contributed by atoms with Gasteiger partial charge < -0.3 is 14.0 Å². The molecule has 0 N–H and O–H groups in total. The van der Waals surface area contributed by atoms with Crippen LogP contribution >= 0.6 is 0 Å². The Kier molecular flexibility index (Phi) is 4.69. The molecule has 0 unspecified atom stereocenters. The lowest BCUT2D eigenvalue weighted by Gasteiger charge is -2.14. The molecule has 0 saturated carbocycles. The van der Waals surface area contributed by atoms with Crippen molar-refractivity contribution in [1.82, 2.24) is 13.7 Å². The van der Waals surface area contributed by atoms with Gasteiger partial charge in [0, 0.05) is 26.4 Å². The summed E-state index contributed by atoms with van der Waals surface area (Å²) in [6.45, 7) is 0. The summed E-state index contributed by atoms with van der Waals surface area (Å²) in [5.74, 6) is 0.738. The molecule has 0 aliphatic carbocycles. The smallest absolute Gasteiger partial charge is 0.330 e. The van der Waals surface area contributed by atoms with E-state index in [9.17, 15) is 14.0 Å². The summed E-state index contributed by atoms with van der Waals surface area (Å²) < 4.78 is 28.6. The van der Waals surface area contributed by atoms with Crippen LogP contribution in [0.25, 0.3) is 27.8 Å². The molecule has 0 aliphatic heterocycles. The second-order valence-electron chi connectivity index (χ2n) is 6.86. The highest BCUT2D eigenvalue weighted by atomic mass is 19.1. The number of hydrogen-bond donors (Lipinski definition) is 0. The SMILES string of the molecule is COc1ccc(-n2cc3c(c2-c2ccc(F)cc2)c(=O)n(C)c(=O)n3C)c(OC)c1. The molecule has 0 atom stereocenters. The molecule has 2 heterocycles. The Hall–Kier alpha value is -3.81. The molecule has 0 radical (unpaired) electrons. The van der Waals surface area contributed by atoms with Crippen molar-refractivity contribution < 1.29 is 13.9 Å². The van der Waals surface area contributed by atoms with E-state index in [1.165, 1.54) is 30.9 Å². The van der Waals surface area contributed by atoms with Crippen molar-refractivity contribution in [2.45, 2.75) is 0 Å². The third kappa shape index (κ3) is 2.88. The van der Waals surface area contributed by atoms with Crippen molar-refractivity contribution in [1.29, 1.82) is 0 Å². The summed E-state index contributed by atoms with van der Waals surface area (Å²) in [6, 6.07) is 11.2. The molecule has 0 saturated heterocycles. The lowest BCUT2D eigenvalue weighted by Crippen LogP contribution is -2.36. The molecule has 0 spiro atoms. The zero-order valence-electron chi connectivity index (χ0n) is 17.0. The van der Waals surface area contributed by atoms with Crippen molar-refractivity contribution in [2.75, 3.05) is 14.2 Å². The van der Waals surface area contributed by atoms with Gasteiger partial charge in [-0.15, -0.1) is 0 Å². The van der Waals surface area contributed by atoms with E-state index >= 15 is 0 Å². The van der Waals surface area contributed by atoms with E-state index in [0.29, 0.717) is 39.3 Å². The third-order valence-corrected chi connectivity index (χ3v) is 5.20. The minimum atomic E-state index is -0.433. The number of nitrogens with zero attached hydrogens (tertiary/aromatic N) is 3. The highest BCUT2D eigenvalue weighted by Gasteiger charge is 2.22. The predicted octanol–water partition coefficient (Wildman–Crippen LogP) is 2.85. The molecule has 0 amide bonds. The largest absolute Gasteiger partial charge is 0.497 e. The Balaban J connectivity index is 2.18. The second-order valence-corrected chi connectivity index (χ2v) is 6.86. The standard InChI is InChI=1S/C22H20FN3O4/c1-24-17-12-26(16-10-9-15(29-3)11-18(16)30-4)20(13-5-7-14(23)8-6-13)19(17)21(27)25(2)22(24)28/h5-12H,1-4H3.